The van der Waals surface area contributed by atoms with Gasteiger partial charge in [0.1, 0.15) is 5.75 Å². The van der Waals surface area contributed by atoms with E-state index in [1.807, 2.05) is 48.3 Å². The van der Waals surface area contributed by atoms with Gasteiger partial charge < -0.3 is 10.1 Å². The van der Waals surface area contributed by atoms with Gasteiger partial charge >= 0.3 is 0 Å². The van der Waals surface area contributed by atoms with Crippen molar-refractivity contribution >= 4 is 11.6 Å². The van der Waals surface area contributed by atoms with Gasteiger partial charge in [0.15, 0.2) is 0 Å². The number of nitrogens with one attached hydrogen (secondary N) is 1. The van der Waals surface area contributed by atoms with E-state index in [9.17, 15) is 4.79 Å². The number of amides is 1. The van der Waals surface area contributed by atoms with Crippen LogP contribution < -0.4 is 10.1 Å². The number of ether oxygens (including phenoxy) is 1. The second-order valence-electron chi connectivity index (χ2n) is 5.26. The number of rotatable bonds is 6. The molecule has 0 fully saturated rings. The van der Waals surface area contributed by atoms with Crippen molar-refractivity contribution < 1.29 is 9.53 Å². The molecule has 0 aliphatic carbocycles. The molecule has 23 heavy (non-hydrogen) atoms. The lowest BCUT2D eigenvalue weighted by atomic mass is 10.1. The minimum atomic E-state index is -0.0998. The number of carbonyl (C=O) groups is 1. The Bertz CT molecular complexity index is 722. The molecule has 0 atom stereocenters. The van der Waals surface area contributed by atoms with Gasteiger partial charge in [0.05, 0.1) is 25.3 Å². The smallest absolute Gasteiger partial charge is 0.238 e. The molecule has 1 amide bonds. The second-order valence-corrected chi connectivity index (χ2v) is 5.26. The average molecular weight is 309 g/mol. The largest absolute Gasteiger partial charge is 0.497 e. The standard InChI is InChI=1S/C18H19N3O2/c1-21(12-15-6-3-5-14(9-15)11-19)13-18(22)20-16-7-4-8-17(10-16)23-2/h3-10H,12-13H2,1-2H3,(H,20,22). The molecule has 0 radical (unpaired) electrons. The molecule has 0 aliphatic rings. The molecule has 0 saturated carbocycles. The summed E-state index contributed by atoms with van der Waals surface area (Å²) in [6.07, 6.45) is 0. The lowest BCUT2D eigenvalue weighted by molar-refractivity contribution is -0.117. The first-order valence-electron chi connectivity index (χ1n) is 7.22. The molecule has 0 bridgehead atoms. The predicted molar refractivity (Wildman–Crippen MR) is 89.1 cm³/mol. The van der Waals surface area contributed by atoms with Gasteiger partial charge in [-0.15, -0.1) is 0 Å². The Balaban J connectivity index is 1.90. The highest BCUT2D eigenvalue weighted by atomic mass is 16.5. The molecule has 118 valence electrons. The maximum Gasteiger partial charge on any atom is 0.238 e. The molecule has 2 aromatic rings. The Labute approximate surface area is 136 Å². The summed E-state index contributed by atoms with van der Waals surface area (Å²) in [6, 6.07) is 16.7. The molecule has 0 unspecified atom stereocenters. The lowest BCUT2D eigenvalue weighted by Gasteiger charge is -2.16. The molecular weight excluding hydrogens is 290 g/mol. The Kier molecular flexibility index (Phi) is 5.73. The van der Waals surface area contributed by atoms with Crippen LogP contribution in [-0.2, 0) is 11.3 Å². The van der Waals surface area contributed by atoms with Gasteiger partial charge in [-0.3, -0.25) is 9.69 Å². The lowest BCUT2D eigenvalue weighted by Crippen LogP contribution is -2.29. The Morgan fingerprint density at radius 1 is 1.26 bits per heavy atom. The van der Waals surface area contributed by atoms with E-state index in [-0.39, 0.29) is 12.5 Å². The first-order valence-corrected chi connectivity index (χ1v) is 7.22. The van der Waals surface area contributed by atoms with Crippen molar-refractivity contribution in [3.63, 3.8) is 0 Å². The van der Waals surface area contributed by atoms with Crippen LogP contribution in [0.25, 0.3) is 0 Å². The van der Waals surface area contributed by atoms with E-state index in [2.05, 4.69) is 11.4 Å². The van der Waals surface area contributed by atoms with Crippen molar-refractivity contribution in [1.29, 1.82) is 5.26 Å². The fraction of sp³-hybridized carbons (Fsp3) is 0.222. The summed E-state index contributed by atoms with van der Waals surface area (Å²) >= 11 is 0. The summed E-state index contributed by atoms with van der Waals surface area (Å²) in [5, 5.41) is 11.8. The summed E-state index contributed by atoms with van der Waals surface area (Å²) in [5.41, 5.74) is 2.33. The molecule has 2 aromatic carbocycles. The normalized spacial score (nSPS) is 10.2. The number of hydrogen-bond acceptors (Lipinski definition) is 4. The van der Waals surface area contributed by atoms with E-state index in [4.69, 9.17) is 10.00 Å². The molecule has 1 N–H and O–H groups in total. The number of anilines is 1. The Morgan fingerprint density at radius 3 is 2.78 bits per heavy atom. The van der Waals surface area contributed by atoms with E-state index in [0.29, 0.717) is 23.5 Å². The van der Waals surface area contributed by atoms with Crippen LogP contribution in [0.4, 0.5) is 5.69 Å². The highest BCUT2D eigenvalue weighted by Crippen LogP contribution is 2.16. The van der Waals surface area contributed by atoms with Crippen LogP contribution in [0.1, 0.15) is 11.1 Å². The SMILES string of the molecule is COc1cccc(NC(=O)CN(C)Cc2cccc(C#N)c2)c1. The summed E-state index contributed by atoms with van der Waals surface area (Å²) in [5.74, 6) is 0.599. The molecule has 0 aliphatic heterocycles. The van der Waals surface area contributed by atoms with Crippen LogP contribution >= 0.6 is 0 Å². The van der Waals surface area contributed by atoms with Crippen LogP contribution in [-0.4, -0.2) is 31.5 Å². The van der Waals surface area contributed by atoms with Gasteiger partial charge in [-0.25, -0.2) is 0 Å². The van der Waals surface area contributed by atoms with Crippen molar-refractivity contribution in [2.24, 2.45) is 0 Å². The average Bonchev–Trinajstić information content (AvgIpc) is 2.54. The minimum absolute atomic E-state index is 0.0998. The van der Waals surface area contributed by atoms with Crippen molar-refractivity contribution in [3.8, 4) is 11.8 Å². The summed E-state index contributed by atoms with van der Waals surface area (Å²) in [6.45, 7) is 0.856. The molecule has 0 heterocycles. The zero-order valence-electron chi connectivity index (χ0n) is 13.2. The number of nitriles is 1. The van der Waals surface area contributed by atoms with Gasteiger partial charge in [-0.2, -0.15) is 5.26 Å². The molecule has 0 saturated heterocycles. The van der Waals surface area contributed by atoms with E-state index in [1.54, 1.807) is 19.2 Å². The van der Waals surface area contributed by atoms with Crippen LogP contribution in [0.2, 0.25) is 0 Å². The number of benzene rings is 2. The zero-order chi connectivity index (χ0) is 16.7. The van der Waals surface area contributed by atoms with Crippen molar-refractivity contribution in [1.82, 2.24) is 4.90 Å². The topological polar surface area (TPSA) is 65.4 Å². The van der Waals surface area contributed by atoms with Crippen LogP contribution in [0, 0.1) is 11.3 Å². The van der Waals surface area contributed by atoms with Gasteiger partial charge in [-0.1, -0.05) is 18.2 Å². The summed E-state index contributed by atoms with van der Waals surface area (Å²) < 4.78 is 5.13. The van der Waals surface area contributed by atoms with E-state index >= 15 is 0 Å². The maximum absolute atomic E-state index is 12.1. The molecule has 5 nitrogen and oxygen atoms in total. The summed E-state index contributed by atoms with van der Waals surface area (Å²) in [7, 11) is 3.45. The molecular formula is C18H19N3O2. The first kappa shape index (κ1) is 16.5. The fourth-order valence-electron chi connectivity index (χ4n) is 2.25. The van der Waals surface area contributed by atoms with Gasteiger partial charge in [0.25, 0.3) is 0 Å². The predicted octanol–water partition coefficient (Wildman–Crippen LogP) is 2.64. The monoisotopic (exact) mass is 309 g/mol. The van der Waals surface area contributed by atoms with Gasteiger partial charge in [-0.05, 0) is 36.9 Å². The third kappa shape index (κ3) is 5.13. The Hall–Kier alpha value is -2.84. The fourth-order valence-corrected chi connectivity index (χ4v) is 2.25. The molecule has 5 heteroatoms. The van der Waals surface area contributed by atoms with Gasteiger partial charge in [0, 0.05) is 18.3 Å². The highest BCUT2D eigenvalue weighted by Gasteiger charge is 2.08. The molecule has 0 aromatic heterocycles. The van der Waals surface area contributed by atoms with Crippen LogP contribution in [0.5, 0.6) is 5.75 Å². The highest BCUT2D eigenvalue weighted by molar-refractivity contribution is 5.92. The zero-order valence-corrected chi connectivity index (χ0v) is 13.2. The van der Waals surface area contributed by atoms with Crippen molar-refractivity contribution in [2.75, 3.05) is 26.0 Å². The molecule has 2 rings (SSSR count). The van der Waals surface area contributed by atoms with E-state index in [0.717, 1.165) is 5.56 Å². The van der Waals surface area contributed by atoms with E-state index in [1.165, 1.54) is 0 Å². The number of hydrogen-bond donors (Lipinski definition) is 1. The Morgan fingerprint density at radius 2 is 2.04 bits per heavy atom. The van der Waals surface area contributed by atoms with Crippen molar-refractivity contribution in [3.05, 3.63) is 59.7 Å². The molecule has 0 spiro atoms. The number of nitrogens with zero attached hydrogens (tertiary/aromatic N) is 2. The number of carbonyl (C=O) groups excluding carboxylic acids is 1. The van der Waals surface area contributed by atoms with E-state index < -0.39 is 0 Å². The second kappa shape index (κ2) is 7.97. The van der Waals surface area contributed by atoms with Crippen molar-refractivity contribution in [2.45, 2.75) is 6.54 Å². The summed E-state index contributed by atoms with van der Waals surface area (Å²) in [4.78, 5) is 14.0. The third-order valence-electron chi connectivity index (χ3n) is 3.28. The van der Waals surface area contributed by atoms with Crippen LogP contribution in [0.3, 0.4) is 0 Å². The number of likely N-dealkylation sites (N-methyl/N-ethyl adjacent to an activating group) is 1. The minimum Gasteiger partial charge on any atom is -0.497 e. The van der Waals surface area contributed by atoms with Gasteiger partial charge in [0.2, 0.25) is 5.91 Å². The van der Waals surface area contributed by atoms with Crippen LogP contribution in [0.15, 0.2) is 48.5 Å². The quantitative estimate of drug-likeness (QED) is 0.891. The maximum atomic E-state index is 12.1. The number of methoxy groups -OCH3 is 1. The first-order chi connectivity index (χ1) is 11.1. The third-order valence-corrected chi connectivity index (χ3v) is 3.28.